The van der Waals surface area contributed by atoms with Crippen molar-refractivity contribution < 1.29 is 33.5 Å². The van der Waals surface area contributed by atoms with E-state index in [2.05, 4.69) is 5.16 Å². The van der Waals surface area contributed by atoms with E-state index in [-0.39, 0.29) is 5.56 Å². The SMILES string of the molecule is Cc1cc(O[C@H](CCN)c2ccon2)c(C#N)cc1F.O=C(O)/C=C/C(=O)O. The molecule has 4 N–H and O–H groups in total. The van der Waals surface area contributed by atoms with E-state index in [4.69, 9.17) is 30.5 Å². The largest absolute Gasteiger partial charge is 0.483 e. The minimum atomic E-state index is -1.26. The van der Waals surface area contributed by atoms with Crippen molar-refractivity contribution in [1.82, 2.24) is 5.16 Å². The summed E-state index contributed by atoms with van der Waals surface area (Å²) in [5.41, 5.74) is 6.68. The van der Waals surface area contributed by atoms with Gasteiger partial charge in [0.05, 0.1) is 5.56 Å². The number of nitriles is 1. The smallest absolute Gasteiger partial charge is 0.328 e. The van der Waals surface area contributed by atoms with Crippen molar-refractivity contribution in [2.45, 2.75) is 19.4 Å². The van der Waals surface area contributed by atoms with E-state index in [1.54, 1.807) is 13.0 Å². The van der Waals surface area contributed by atoms with Crippen molar-refractivity contribution in [3.05, 3.63) is 59.3 Å². The van der Waals surface area contributed by atoms with E-state index in [1.807, 2.05) is 6.07 Å². The van der Waals surface area contributed by atoms with Crippen LogP contribution >= 0.6 is 0 Å². The van der Waals surface area contributed by atoms with Crippen LogP contribution in [0.3, 0.4) is 0 Å². The van der Waals surface area contributed by atoms with Crippen LogP contribution in [0.5, 0.6) is 5.75 Å². The zero-order chi connectivity index (χ0) is 21.1. The molecule has 10 heteroatoms. The Kier molecular flexibility index (Phi) is 8.85. The Bertz CT molecular complexity index is 858. The fraction of sp³-hybridized carbons (Fsp3) is 0.222. The van der Waals surface area contributed by atoms with Gasteiger partial charge in [-0.1, -0.05) is 5.16 Å². The van der Waals surface area contributed by atoms with E-state index >= 15 is 0 Å². The Balaban J connectivity index is 0.000000416. The molecule has 0 bridgehead atoms. The molecule has 28 heavy (non-hydrogen) atoms. The first kappa shape index (κ1) is 22.3. The number of hydrogen-bond donors (Lipinski definition) is 3. The molecule has 2 rings (SSSR count). The van der Waals surface area contributed by atoms with Gasteiger partial charge in [-0.3, -0.25) is 0 Å². The lowest BCUT2D eigenvalue weighted by molar-refractivity contribution is -0.134. The minimum Gasteiger partial charge on any atom is -0.483 e. The van der Waals surface area contributed by atoms with Gasteiger partial charge in [0.2, 0.25) is 0 Å². The molecule has 148 valence electrons. The molecule has 0 aliphatic rings. The molecule has 0 radical (unpaired) electrons. The standard InChI is InChI=1S/C14H14FN3O2.C4H4O4/c1-9-6-14(10(8-17)7-11(9)15)20-13(2-4-16)12-3-5-19-18-12;5-3(6)1-2-4(7)8/h3,5-7,13H,2,4,16H2,1H3;1-2H,(H,5,6)(H,7,8)/b;2-1+/t13-;/m1./s1. The van der Waals surface area contributed by atoms with Gasteiger partial charge in [0.15, 0.2) is 0 Å². The summed E-state index contributed by atoms with van der Waals surface area (Å²) in [6.45, 7) is 2.00. The van der Waals surface area contributed by atoms with Gasteiger partial charge in [-0.05, 0) is 31.2 Å². The second-order valence-electron chi connectivity index (χ2n) is 5.33. The monoisotopic (exact) mass is 391 g/mol. The van der Waals surface area contributed by atoms with Gasteiger partial charge in [-0.2, -0.15) is 5.26 Å². The molecule has 0 saturated heterocycles. The molecule has 0 aliphatic heterocycles. The Morgan fingerprint density at radius 1 is 1.39 bits per heavy atom. The number of carboxylic acid groups (broad SMARTS) is 2. The molecule has 1 atom stereocenters. The van der Waals surface area contributed by atoms with E-state index in [0.717, 1.165) is 6.07 Å². The number of halogens is 1. The van der Waals surface area contributed by atoms with Crippen LogP contribution in [0.2, 0.25) is 0 Å². The summed E-state index contributed by atoms with van der Waals surface area (Å²) in [6.07, 6.45) is 2.62. The third-order valence-corrected chi connectivity index (χ3v) is 3.24. The van der Waals surface area contributed by atoms with Crippen molar-refractivity contribution in [3.8, 4) is 11.8 Å². The quantitative estimate of drug-likeness (QED) is 0.601. The molecule has 0 amide bonds. The molecule has 0 unspecified atom stereocenters. The summed E-state index contributed by atoms with van der Waals surface area (Å²) in [6, 6.07) is 6.24. The predicted octanol–water partition coefficient (Wildman–Crippen LogP) is 2.17. The number of nitrogens with two attached hydrogens (primary N) is 1. The Hall–Kier alpha value is -3.71. The molecular weight excluding hydrogens is 373 g/mol. The second-order valence-corrected chi connectivity index (χ2v) is 5.33. The summed E-state index contributed by atoms with van der Waals surface area (Å²) in [5.74, 6) is -2.64. The van der Waals surface area contributed by atoms with Crippen LogP contribution in [0.4, 0.5) is 4.39 Å². The van der Waals surface area contributed by atoms with E-state index in [1.165, 1.54) is 12.3 Å². The maximum atomic E-state index is 13.5. The van der Waals surface area contributed by atoms with Gasteiger partial charge in [0.25, 0.3) is 0 Å². The maximum absolute atomic E-state index is 13.5. The first-order valence-electron chi connectivity index (χ1n) is 7.89. The number of nitrogens with zero attached hydrogens (tertiary/aromatic N) is 2. The number of carbonyl (C=O) groups is 2. The summed E-state index contributed by atoms with van der Waals surface area (Å²) in [4.78, 5) is 19.1. The van der Waals surface area contributed by atoms with Crippen molar-refractivity contribution in [1.29, 1.82) is 5.26 Å². The average molecular weight is 391 g/mol. The summed E-state index contributed by atoms with van der Waals surface area (Å²) in [7, 11) is 0. The highest BCUT2D eigenvalue weighted by atomic mass is 19.1. The second kappa shape index (κ2) is 11.1. The number of hydrogen-bond acceptors (Lipinski definition) is 7. The molecule has 0 fully saturated rings. The fourth-order valence-electron chi connectivity index (χ4n) is 1.94. The van der Waals surface area contributed by atoms with Crippen LogP contribution < -0.4 is 10.5 Å². The van der Waals surface area contributed by atoms with Gasteiger partial charge in [0.1, 0.15) is 35.7 Å². The number of rotatable bonds is 7. The molecule has 0 aliphatic carbocycles. The van der Waals surface area contributed by atoms with Gasteiger partial charge in [-0.25, -0.2) is 14.0 Å². The molecule has 1 heterocycles. The normalized spacial score (nSPS) is 11.2. The molecule has 1 aromatic heterocycles. The topological polar surface area (TPSA) is 160 Å². The number of carboxylic acids is 2. The number of aliphatic carboxylic acids is 2. The molecular formula is C18H18FN3O6. The van der Waals surface area contributed by atoms with Crippen LogP contribution in [0.1, 0.15) is 29.3 Å². The molecule has 9 nitrogen and oxygen atoms in total. The molecule has 1 aromatic carbocycles. The third kappa shape index (κ3) is 7.27. The van der Waals surface area contributed by atoms with E-state index in [0.29, 0.717) is 42.1 Å². The van der Waals surface area contributed by atoms with Gasteiger partial charge in [0, 0.05) is 24.6 Å². The average Bonchev–Trinajstić information content (AvgIpc) is 3.17. The lowest BCUT2D eigenvalue weighted by Gasteiger charge is -2.17. The first-order chi connectivity index (χ1) is 13.3. The van der Waals surface area contributed by atoms with Crippen molar-refractivity contribution >= 4 is 11.9 Å². The van der Waals surface area contributed by atoms with Crippen molar-refractivity contribution in [2.24, 2.45) is 5.73 Å². The highest BCUT2D eigenvalue weighted by Gasteiger charge is 2.18. The summed E-state index contributed by atoms with van der Waals surface area (Å²) in [5, 5.41) is 28.5. The number of benzene rings is 1. The number of aromatic nitrogens is 1. The van der Waals surface area contributed by atoms with Crippen LogP contribution in [-0.4, -0.2) is 33.9 Å². The summed E-state index contributed by atoms with van der Waals surface area (Å²) >= 11 is 0. The predicted molar refractivity (Wildman–Crippen MR) is 93.8 cm³/mol. The van der Waals surface area contributed by atoms with Gasteiger partial charge in [-0.15, -0.1) is 0 Å². The Morgan fingerprint density at radius 3 is 2.50 bits per heavy atom. The minimum absolute atomic E-state index is 0.138. The first-order valence-corrected chi connectivity index (χ1v) is 7.89. The van der Waals surface area contributed by atoms with Crippen molar-refractivity contribution in [3.63, 3.8) is 0 Å². The molecule has 2 aromatic rings. The van der Waals surface area contributed by atoms with Crippen molar-refractivity contribution in [2.75, 3.05) is 6.54 Å². The third-order valence-electron chi connectivity index (χ3n) is 3.24. The Labute approximate surface area is 159 Å². The molecule has 0 saturated carbocycles. The number of ether oxygens (including phenoxy) is 1. The highest BCUT2D eigenvalue weighted by Crippen LogP contribution is 2.28. The zero-order valence-electron chi connectivity index (χ0n) is 14.8. The highest BCUT2D eigenvalue weighted by molar-refractivity contribution is 5.89. The van der Waals surface area contributed by atoms with Gasteiger partial charge >= 0.3 is 11.9 Å². The lowest BCUT2D eigenvalue weighted by atomic mass is 10.1. The maximum Gasteiger partial charge on any atom is 0.328 e. The summed E-state index contributed by atoms with van der Waals surface area (Å²) < 4.78 is 24.0. The van der Waals surface area contributed by atoms with Crippen LogP contribution in [0.25, 0.3) is 0 Å². The van der Waals surface area contributed by atoms with E-state index in [9.17, 15) is 14.0 Å². The molecule has 0 spiro atoms. The Morgan fingerprint density at radius 2 is 2.04 bits per heavy atom. The zero-order valence-corrected chi connectivity index (χ0v) is 14.8. The lowest BCUT2D eigenvalue weighted by Crippen LogP contribution is -2.14. The van der Waals surface area contributed by atoms with E-state index < -0.39 is 23.9 Å². The van der Waals surface area contributed by atoms with Gasteiger partial charge < -0.3 is 25.2 Å². The van der Waals surface area contributed by atoms with Crippen LogP contribution in [-0.2, 0) is 9.59 Å². The van der Waals surface area contributed by atoms with Crippen LogP contribution in [0.15, 0.2) is 41.1 Å². The number of aryl methyl sites for hydroxylation is 1. The van der Waals surface area contributed by atoms with Crippen LogP contribution in [0, 0.1) is 24.1 Å². The fourth-order valence-corrected chi connectivity index (χ4v) is 1.94.